The SMILES string of the molecule is CCC(C)COC1CC1=C(C)C. The number of ether oxygens (including phenoxy) is 1. The molecule has 2 atom stereocenters. The molecular weight excluding hydrogens is 148 g/mol. The summed E-state index contributed by atoms with van der Waals surface area (Å²) in [4.78, 5) is 0. The molecule has 0 aromatic heterocycles. The van der Waals surface area contributed by atoms with Gasteiger partial charge in [-0.25, -0.2) is 0 Å². The molecule has 0 N–H and O–H groups in total. The minimum atomic E-state index is 0.476. The summed E-state index contributed by atoms with van der Waals surface area (Å²) in [6, 6.07) is 0. The van der Waals surface area contributed by atoms with Crippen LogP contribution in [0, 0.1) is 5.92 Å². The topological polar surface area (TPSA) is 9.23 Å². The van der Waals surface area contributed by atoms with Gasteiger partial charge in [-0.1, -0.05) is 25.8 Å². The third-order valence-electron chi connectivity index (χ3n) is 2.55. The largest absolute Gasteiger partial charge is 0.373 e. The van der Waals surface area contributed by atoms with Gasteiger partial charge in [0.1, 0.15) is 0 Å². The van der Waals surface area contributed by atoms with Crippen molar-refractivity contribution in [3.8, 4) is 0 Å². The molecular formula is C11H20O. The maximum atomic E-state index is 5.72. The van der Waals surface area contributed by atoms with Crippen molar-refractivity contribution < 1.29 is 4.74 Å². The van der Waals surface area contributed by atoms with Gasteiger partial charge in [-0.05, 0) is 25.3 Å². The number of hydrogen-bond donors (Lipinski definition) is 0. The van der Waals surface area contributed by atoms with E-state index in [9.17, 15) is 0 Å². The van der Waals surface area contributed by atoms with Gasteiger partial charge in [-0.3, -0.25) is 0 Å². The van der Waals surface area contributed by atoms with E-state index in [4.69, 9.17) is 4.74 Å². The van der Waals surface area contributed by atoms with Gasteiger partial charge in [-0.2, -0.15) is 0 Å². The van der Waals surface area contributed by atoms with Crippen LogP contribution in [0.2, 0.25) is 0 Å². The fourth-order valence-corrected chi connectivity index (χ4v) is 1.22. The standard InChI is InChI=1S/C11H20O/c1-5-9(4)7-12-11-6-10(11)8(2)3/h9,11H,5-7H2,1-4H3. The molecule has 70 valence electrons. The normalized spacial score (nSPS) is 24.0. The number of rotatable bonds is 4. The lowest BCUT2D eigenvalue weighted by molar-refractivity contribution is 0.0968. The Morgan fingerprint density at radius 3 is 2.67 bits per heavy atom. The second kappa shape index (κ2) is 4.08. The van der Waals surface area contributed by atoms with Gasteiger partial charge >= 0.3 is 0 Å². The van der Waals surface area contributed by atoms with Crippen LogP contribution < -0.4 is 0 Å². The van der Waals surface area contributed by atoms with Crippen LogP contribution >= 0.6 is 0 Å². The van der Waals surface area contributed by atoms with E-state index < -0.39 is 0 Å². The average molecular weight is 168 g/mol. The van der Waals surface area contributed by atoms with E-state index in [1.807, 2.05) is 0 Å². The van der Waals surface area contributed by atoms with Crippen molar-refractivity contribution in [2.75, 3.05) is 6.61 Å². The quantitative estimate of drug-likeness (QED) is 0.586. The molecule has 1 nitrogen and oxygen atoms in total. The van der Waals surface area contributed by atoms with E-state index in [1.165, 1.54) is 24.0 Å². The zero-order valence-corrected chi connectivity index (χ0v) is 8.68. The van der Waals surface area contributed by atoms with Crippen LogP contribution in [0.1, 0.15) is 40.5 Å². The van der Waals surface area contributed by atoms with Gasteiger partial charge in [0, 0.05) is 13.0 Å². The van der Waals surface area contributed by atoms with Crippen molar-refractivity contribution in [2.24, 2.45) is 5.92 Å². The first-order chi connectivity index (χ1) is 5.65. The monoisotopic (exact) mass is 168 g/mol. The molecule has 1 heteroatoms. The van der Waals surface area contributed by atoms with E-state index in [0.717, 1.165) is 6.61 Å². The zero-order valence-electron chi connectivity index (χ0n) is 8.68. The van der Waals surface area contributed by atoms with Crippen LogP contribution in [0.4, 0.5) is 0 Å². The smallest absolute Gasteiger partial charge is 0.0826 e. The first-order valence-electron chi connectivity index (χ1n) is 4.93. The molecule has 2 unspecified atom stereocenters. The Balaban J connectivity index is 2.16. The van der Waals surface area contributed by atoms with E-state index >= 15 is 0 Å². The van der Waals surface area contributed by atoms with Crippen molar-refractivity contribution in [2.45, 2.75) is 46.6 Å². The van der Waals surface area contributed by atoms with Crippen LogP contribution in [0.3, 0.4) is 0 Å². The summed E-state index contributed by atoms with van der Waals surface area (Å²) in [6.45, 7) is 9.72. The molecule has 0 aliphatic heterocycles. The maximum absolute atomic E-state index is 5.72. The first kappa shape index (κ1) is 9.79. The Morgan fingerprint density at radius 2 is 2.25 bits per heavy atom. The molecule has 0 aromatic rings. The Kier molecular flexibility index (Phi) is 3.33. The minimum Gasteiger partial charge on any atom is -0.373 e. The molecule has 0 heterocycles. The number of allylic oxidation sites excluding steroid dienone is 1. The third-order valence-corrected chi connectivity index (χ3v) is 2.55. The second-order valence-electron chi connectivity index (χ2n) is 4.06. The summed E-state index contributed by atoms with van der Waals surface area (Å²) >= 11 is 0. The molecule has 1 fully saturated rings. The van der Waals surface area contributed by atoms with Crippen LogP contribution in [0.5, 0.6) is 0 Å². The van der Waals surface area contributed by atoms with Gasteiger partial charge in [0.25, 0.3) is 0 Å². The first-order valence-corrected chi connectivity index (χ1v) is 4.93. The number of hydrogen-bond acceptors (Lipinski definition) is 1. The van der Waals surface area contributed by atoms with Crippen molar-refractivity contribution in [1.29, 1.82) is 0 Å². The van der Waals surface area contributed by atoms with Crippen molar-refractivity contribution in [3.05, 3.63) is 11.1 Å². The van der Waals surface area contributed by atoms with Crippen LogP contribution in [-0.4, -0.2) is 12.7 Å². The molecule has 0 amide bonds. The molecule has 1 aliphatic carbocycles. The molecule has 0 aromatic carbocycles. The van der Waals surface area contributed by atoms with Gasteiger partial charge in [0.05, 0.1) is 6.10 Å². The molecule has 1 saturated carbocycles. The summed E-state index contributed by atoms with van der Waals surface area (Å²) in [6.07, 6.45) is 2.87. The highest BCUT2D eigenvalue weighted by molar-refractivity contribution is 5.30. The summed E-state index contributed by atoms with van der Waals surface area (Å²) in [7, 11) is 0. The van der Waals surface area contributed by atoms with Crippen molar-refractivity contribution in [3.63, 3.8) is 0 Å². The van der Waals surface area contributed by atoms with Gasteiger partial charge in [0.2, 0.25) is 0 Å². The Bertz CT molecular complexity index is 177. The van der Waals surface area contributed by atoms with Gasteiger partial charge in [-0.15, -0.1) is 0 Å². The Morgan fingerprint density at radius 1 is 1.58 bits per heavy atom. The second-order valence-corrected chi connectivity index (χ2v) is 4.06. The molecule has 1 rings (SSSR count). The lowest BCUT2D eigenvalue weighted by Crippen LogP contribution is -2.05. The molecule has 0 saturated heterocycles. The highest BCUT2D eigenvalue weighted by Gasteiger charge is 2.31. The summed E-state index contributed by atoms with van der Waals surface area (Å²) in [5.74, 6) is 0.712. The lowest BCUT2D eigenvalue weighted by atomic mass is 10.1. The molecule has 0 spiro atoms. The van der Waals surface area contributed by atoms with E-state index in [1.54, 1.807) is 0 Å². The van der Waals surface area contributed by atoms with E-state index in [-0.39, 0.29) is 0 Å². The van der Waals surface area contributed by atoms with E-state index in [0.29, 0.717) is 12.0 Å². The summed E-state index contributed by atoms with van der Waals surface area (Å²) in [5.41, 5.74) is 2.97. The summed E-state index contributed by atoms with van der Waals surface area (Å²) in [5, 5.41) is 0. The fraction of sp³-hybridized carbons (Fsp3) is 0.818. The predicted octanol–water partition coefficient (Wildman–Crippen LogP) is 3.16. The highest BCUT2D eigenvalue weighted by atomic mass is 16.5. The van der Waals surface area contributed by atoms with Crippen LogP contribution in [0.15, 0.2) is 11.1 Å². The predicted molar refractivity (Wildman–Crippen MR) is 52.2 cm³/mol. The molecule has 12 heavy (non-hydrogen) atoms. The average Bonchev–Trinajstić information content (AvgIpc) is 2.79. The van der Waals surface area contributed by atoms with Crippen molar-refractivity contribution >= 4 is 0 Å². The molecule has 0 radical (unpaired) electrons. The summed E-state index contributed by atoms with van der Waals surface area (Å²) < 4.78 is 5.72. The molecule has 0 bridgehead atoms. The van der Waals surface area contributed by atoms with Crippen LogP contribution in [0.25, 0.3) is 0 Å². The minimum absolute atomic E-state index is 0.476. The van der Waals surface area contributed by atoms with Gasteiger partial charge < -0.3 is 4.74 Å². The van der Waals surface area contributed by atoms with E-state index in [2.05, 4.69) is 27.7 Å². The molecule has 1 aliphatic rings. The zero-order chi connectivity index (χ0) is 9.14. The highest BCUT2D eigenvalue weighted by Crippen LogP contribution is 2.35. The Labute approximate surface area is 75.8 Å². The van der Waals surface area contributed by atoms with Gasteiger partial charge in [0.15, 0.2) is 0 Å². The van der Waals surface area contributed by atoms with Crippen molar-refractivity contribution in [1.82, 2.24) is 0 Å². The Hall–Kier alpha value is -0.300. The van der Waals surface area contributed by atoms with Crippen LogP contribution in [-0.2, 0) is 4.74 Å². The third kappa shape index (κ3) is 2.63. The fourth-order valence-electron chi connectivity index (χ4n) is 1.22. The lowest BCUT2D eigenvalue weighted by Gasteiger charge is -2.07. The maximum Gasteiger partial charge on any atom is 0.0826 e.